The Labute approximate surface area is 235 Å². The Morgan fingerprint density at radius 1 is 1.15 bits per heavy atom. The predicted octanol–water partition coefficient (Wildman–Crippen LogP) is 4.89. The second-order valence-electron chi connectivity index (χ2n) is 10.5. The highest BCUT2D eigenvalue weighted by atomic mass is 19.1. The average Bonchev–Trinajstić information content (AvgIpc) is 2.89. The molecule has 0 saturated heterocycles. The number of rotatable bonds is 16. The number of alkyl halides is 1. The number of carbonyl (C=O) groups excluding carboxylic acids is 2. The molecule has 0 aliphatic heterocycles. The van der Waals surface area contributed by atoms with Crippen LogP contribution in [-0.2, 0) is 16.0 Å². The van der Waals surface area contributed by atoms with Crippen LogP contribution in [0, 0.1) is 17.6 Å². The van der Waals surface area contributed by atoms with Crippen molar-refractivity contribution in [3.05, 3.63) is 58.7 Å². The summed E-state index contributed by atoms with van der Waals surface area (Å²) in [6, 6.07) is 0.732. The van der Waals surface area contributed by atoms with Crippen molar-refractivity contribution in [3.63, 3.8) is 0 Å². The van der Waals surface area contributed by atoms with Gasteiger partial charge in [-0.2, -0.15) is 0 Å². The van der Waals surface area contributed by atoms with E-state index in [1.807, 2.05) is 6.92 Å². The fraction of sp³-hybridized carbons (Fsp3) is 0.600. The molecule has 40 heavy (non-hydrogen) atoms. The van der Waals surface area contributed by atoms with Crippen molar-refractivity contribution in [3.8, 4) is 0 Å². The van der Waals surface area contributed by atoms with Crippen LogP contribution in [0.2, 0.25) is 0 Å². The molecule has 7 nitrogen and oxygen atoms in total. The van der Waals surface area contributed by atoms with Crippen LogP contribution in [-0.4, -0.2) is 61.7 Å². The second kappa shape index (κ2) is 17.1. The summed E-state index contributed by atoms with van der Waals surface area (Å²) in [5.74, 6) is -1.89. The molecule has 10 heteroatoms. The maximum Gasteiger partial charge on any atom is 0.407 e. The maximum absolute atomic E-state index is 14.6. The lowest BCUT2D eigenvalue weighted by atomic mass is 9.90. The number of aliphatic hydroxyl groups is 1. The van der Waals surface area contributed by atoms with Crippen LogP contribution in [0.5, 0.6) is 0 Å². The van der Waals surface area contributed by atoms with Gasteiger partial charge in [0.2, 0.25) is 5.91 Å². The van der Waals surface area contributed by atoms with Crippen molar-refractivity contribution in [1.82, 2.24) is 16.0 Å². The zero-order valence-corrected chi connectivity index (χ0v) is 23.9. The van der Waals surface area contributed by atoms with Gasteiger partial charge in [-0.25, -0.2) is 18.0 Å². The Morgan fingerprint density at radius 3 is 2.48 bits per heavy atom. The van der Waals surface area contributed by atoms with Gasteiger partial charge in [0.25, 0.3) is 0 Å². The first-order valence-corrected chi connectivity index (χ1v) is 14.1. The van der Waals surface area contributed by atoms with Crippen LogP contribution in [0.1, 0.15) is 64.9 Å². The van der Waals surface area contributed by atoms with Gasteiger partial charge < -0.3 is 25.8 Å². The largest absolute Gasteiger partial charge is 0.453 e. The zero-order valence-electron chi connectivity index (χ0n) is 23.9. The van der Waals surface area contributed by atoms with Crippen LogP contribution in [0.15, 0.2) is 41.5 Å². The van der Waals surface area contributed by atoms with Gasteiger partial charge in [0.15, 0.2) is 0 Å². The molecule has 2 unspecified atom stereocenters. The Balaban J connectivity index is 2.17. The van der Waals surface area contributed by atoms with Crippen molar-refractivity contribution in [2.45, 2.75) is 90.1 Å². The summed E-state index contributed by atoms with van der Waals surface area (Å²) < 4.78 is 46.9. The van der Waals surface area contributed by atoms with E-state index in [1.54, 1.807) is 0 Å². The van der Waals surface area contributed by atoms with Gasteiger partial charge >= 0.3 is 6.09 Å². The summed E-state index contributed by atoms with van der Waals surface area (Å²) in [4.78, 5) is 25.1. The second-order valence-corrected chi connectivity index (χ2v) is 10.5. The molecule has 0 fully saturated rings. The van der Waals surface area contributed by atoms with Crippen molar-refractivity contribution in [2.24, 2.45) is 5.92 Å². The number of amides is 2. The fourth-order valence-corrected chi connectivity index (χ4v) is 4.85. The number of hydrogen-bond acceptors (Lipinski definition) is 5. The van der Waals surface area contributed by atoms with Gasteiger partial charge in [0.1, 0.15) is 23.8 Å². The predicted molar refractivity (Wildman–Crippen MR) is 149 cm³/mol. The highest BCUT2D eigenvalue weighted by molar-refractivity contribution is 5.85. The number of hydrogen-bond donors (Lipinski definition) is 4. The Hall–Kier alpha value is -2.85. The van der Waals surface area contributed by atoms with Gasteiger partial charge in [-0.05, 0) is 54.9 Å². The quantitative estimate of drug-likeness (QED) is 0.228. The molecular formula is C30H44F3N3O4. The van der Waals surface area contributed by atoms with Crippen molar-refractivity contribution >= 4 is 12.0 Å². The third-order valence-electron chi connectivity index (χ3n) is 6.94. The number of benzene rings is 1. The van der Waals surface area contributed by atoms with E-state index < -0.39 is 48.0 Å². The summed E-state index contributed by atoms with van der Waals surface area (Å²) in [7, 11) is 1.13. The number of halogens is 3. The SMILES string of the molecule is CCCCC(F)C[C@@H](NC(=O)OC)C(=O)N[C@@H](Cc1cc(F)cc(F)c1)[C@H](O)CNCC1=CC(C)CC(CC)=C1. The van der Waals surface area contributed by atoms with E-state index in [-0.39, 0.29) is 31.4 Å². The summed E-state index contributed by atoms with van der Waals surface area (Å²) in [5.41, 5.74) is 2.67. The molecule has 224 valence electrons. The van der Waals surface area contributed by atoms with Gasteiger partial charge in [-0.15, -0.1) is 0 Å². The smallest absolute Gasteiger partial charge is 0.407 e. The molecule has 0 spiro atoms. The maximum atomic E-state index is 14.6. The molecule has 2 amide bonds. The topological polar surface area (TPSA) is 99.7 Å². The van der Waals surface area contributed by atoms with E-state index in [2.05, 4.69) is 46.7 Å². The number of unbranched alkanes of at least 4 members (excludes halogenated alkanes) is 1. The molecule has 0 saturated carbocycles. The number of methoxy groups -OCH3 is 1. The lowest BCUT2D eigenvalue weighted by Crippen LogP contribution is -2.55. The van der Waals surface area contributed by atoms with Gasteiger partial charge in [0, 0.05) is 25.6 Å². The number of nitrogens with one attached hydrogen (secondary N) is 3. The lowest BCUT2D eigenvalue weighted by molar-refractivity contribution is -0.125. The molecule has 0 radical (unpaired) electrons. The monoisotopic (exact) mass is 567 g/mol. The standard InChI is InChI=1S/C30H44F3N3O4/c1-5-7-8-23(31)16-27(36-30(39)40-4)29(38)35-26(14-21-12-24(32)15-25(33)13-21)28(37)18-34-17-22-10-19(3)9-20(6-2)11-22/h10-13,15,19,23,26-28,34,37H,5-9,14,16-18H2,1-4H3,(H,35,38)(H,36,39)/t19?,23?,26-,27+,28+/m0/s1. The summed E-state index contributed by atoms with van der Waals surface area (Å²) in [5, 5.41) is 19.3. The van der Waals surface area contributed by atoms with E-state index in [0.717, 1.165) is 50.1 Å². The minimum Gasteiger partial charge on any atom is -0.453 e. The fourth-order valence-electron chi connectivity index (χ4n) is 4.85. The van der Waals surface area contributed by atoms with Gasteiger partial charge in [-0.3, -0.25) is 4.79 Å². The molecule has 1 aromatic rings. The third kappa shape index (κ3) is 11.7. The molecule has 1 aliphatic carbocycles. The van der Waals surface area contributed by atoms with Crippen molar-refractivity contribution in [2.75, 3.05) is 20.2 Å². The summed E-state index contributed by atoms with van der Waals surface area (Å²) in [6.07, 6.45) is 4.13. The Bertz CT molecular complexity index is 1010. The van der Waals surface area contributed by atoms with E-state index in [4.69, 9.17) is 0 Å². The number of aliphatic hydroxyl groups excluding tert-OH is 1. The van der Waals surface area contributed by atoms with Crippen LogP contribution < -0.4 is 16.0 Å². The molecular weight excluding hydrogens is 523 g/mol. The minimum absolute atomic E-state index is 0.0705. The van der Waals surface area contributed by atoms with Crippen LogP contribution in [0.3, 0.4) is 0 Å². The number of allylic oxidation sites excluding steroid dienone is 2. The van der Waals surface area contributed by atoms with Gasteiger partial charge in [0.05, 0.1) is 19.3 Å². The summed E-state index contributed by atoms with van der Waals surface area (Å²) in [6.45, 7) is 6.74. The molecule has 1 aliphatic rings. The number of ether oxygens (including phenoxy) is 1. The number of carbonyl (C=O) groups is 2. The average molecular weight is 568 g/mol. The normalized spacial score (nSPS) is 18.1. The molecule has 4 N–H and O–H groups in total. The minimum atomic E-state index is -1.34. The lowest BCUT2D eigenvalue weighted by Gasteiger charge is -2.28. The molecule has 0 aromatic heterocycles. The molecule has 0 bridgehead atoms. The molecule has 2 rings (SSSR count). The van der Waals surface area contributed by atoms with E-state index >= 15 is 0 Å². The van der Waals surface area contributed by atoms with Crippen molar-refractivity contribution in [1.29, 1.82) is 0 Å². The first kappa shape index (κ1) is 33.4. The van der Waals surface area contributed by atoms with Crippen LogP contribution >= 0.6 is 0 Å². The molecule has 1 aromatic carbocycles. The zero-order chi connectivity index (χ0) is 29.7. The van der Waals surface area contributed by atoms with E-state index in [9.17, 15) is 27.9 Å². The first-order chi connectivity index (χ1) is 19.0. The molecule has 5 atom stereocenters. The third-order valence-corrected chi connectivity index (χ3v) is 6.94. The Kier molecular flexibility index (Phi) is 14.2. The highest BCUT2D eigenvalue weighted by Gasteiger charge is 2.29. The van der Waals surface area contributed by atoms with Crippen molar-refractivity contribution < 1.29 is 32.6 Å². The number of alkyl carbamates (subject to hydrolysis) is 1. The summed E-state index contributed by atoms with van der Waals surface area (Å²) >= 11 is 0. The van der Waals surface area contributed by atoms with E-state index in [1.165, 1.54) is 5.57 Å². The van der Waals surface area contributed by atoms with Gasteiger partial charge in [-0.1, -0.05) is 51.3 Å². The van der Waals surface area contributed by atoms with Crippen LogP contribution in [0.4, 0.5) is 18.0 Å². The molecule has 0 heterocycles. The Morgan fingerprint density at radius 2 is 1.85 bits per heavy atom. The van der Waals surface area contributed by atoms with E-state index in [0.29, 0.717) is 18.9 Å². The van der Waals surface area contributed by atoms with Crippen LogP contribution in [0.25, 0.3) is 0 Å². The highest BCUT2D eigenvalue weighted by Crippen LogP contribution is 2.24. The first-order valence-electron chi connectivity index (χ1n) is 14.1.